The molecular weight excluding hydrogens is 1500 g/mol. The number of nitrogens with zero attached hydrogens (tertiary/aromatic N) is 4. The van der Waals surface area contributed by atoms with Crippen LogP contribution in [0.4, 0.5) is 26.3 Å². The lowest BCUT2D eigenvalue weighted by Crippen LogP contribution is -2.19. The summed E-state index contributed by atoms with van der Waals surface area (Å²) in [5, 5.41) is 28.8. The molecule has 3 aromatic heterocycles. The number of aromatic nitrogens is 3. The van der Waals surface area contributed by atoms with Gasteiger partial charge in [-0.15, -0.1) is 12.4 Å². The number of amides is 1. The number of benzene rings is 3. The molecule has 0 radical (unpaired) electrons. The van der Waals surface area contributed by atoms with Gasteiger partial charge in [-0.25, -0.2) is 47.2 Å². The summed E-state index contributed by atoms with van der Waals surface area (Å²) in [6.45, 7) is 2.42. The first-order chi connectivity index (χ1) is 32.5. The van der Waals surface area contributed by atoms with E-state index in [1.54, 1.807) is 36.4 Å². The summed E-state index contributed by atoms with van der Waals surface area (Å²) in [7, 11) is 0. The summed E-state index contributed by atoms with van der Waals surface area (Å²) >= 11 is 21.6. The Labute approximate surface area is 489 Å². The number of hydrogen-bond donors (Lipinski definition) is 5. The molecule has 6 N–H and O–H groups in total. The summed E-state index contributed by atoms with van der Waals surface area (Å²) in [5.41, 5.74) is 2.48. The minimum absolute atomic E-state index is 0. The molecule has 3 heterocycles. The normalized spacial score (nSPS) is 9.89. The van der Waals surface area contributed by atoms with Crippen molar-refractivity contribution in [3.05, 3.63) is 187 Å². The van der Waals surface area contributed by atoms with E-state index in [1.807, 2.05) is 4.93 Å². The molecule has 6 aromatic rings. The summed E-state index contributed by atoms with van der Waals surface area (Å²) in [5.74, 6) is -2.15. The highest BCUT2D eigenvalue weighted by molar-refractivity contribution is 14.1. The van der Waals surface area contributed by atoms with Gasteiger partial charge in [0.1, 0.15) is 71.5 Å². The maximum Gasteiger partial charge on any atom is 0.300 e. The lowest BCUT2D eigenvalue weighted by atomic mass is 10.1. The van der Waals surface area contributed by atoms with Crippen LogP contribution in [0.1, 0.15) is 74.7 Å². The van der Waals surface area contributed by atoms with Gasteiger partial charge in [-0.05, 0) is 196 Å². The van der Waals surface area contributed by atoms with Gasteiger partial charge in [-0.3, -0.25) is 14.4 Å². The highest BCUT2D eigenvalue weighted by atomic mass is 127. The van der Waals surface area contributed by atoms with Crippen molar-refractivity contribution >= 4 is 166 Å². The first kappa shape index (κ1) is 75.8. The van der Waals surface area contributed by atoms with Crippen LogP contribution in [-0.4, -0.2) is 58.8 Å². The van der Waals surface area contributed by atoms with Crippen LogP contribution in [0, 0.1) is 34.9 Å². The number of ketones is 1. The second-order valence-electron chi connectivity index (χ2n) is 12.7. The fraction of sp³-hybridized carbons (Fsp3) is 0.170. The summed E-state index contributed by atoms with van der Waals surface area (Å²) in [6, 6.07) is 19.5. The number of alkyl halides is 1. The molecule has 0 aliphatic carbocycles. The Kier molecular flexibility index (Phi) is 41.2. The highest BCUT2D eigenvalue weighted by Gasteiger charge is 2.16. The summed E-state index contributed by atoms with van der Waals surface area (Å²) in [4.78, 5) is 46.9. The van der Waals surface area contributed by atoms with Gasteiger partial charge >= 0.3 is 0 Å². The third-order valence-electron chi connectivity index (χ3n) is 7.44. The van der Waals surface area contributed by atoms with Crippen molar-refractivity contribution in [2.75, 3.05) is 4.93 Å². The average molecular weight is 1550 g/mol. The number of carbonyl (C=O) groups excluding carboxylic acids is 2. The van der Waals surface area contributed by atoms with Crippen LogP contribution >= 0.6 is 131 Å². The zero-order chi connectivity index (χ0) is 52.5. The van der Waals surface area contributed by atoms with Gasteiger partial charge in [0, 0.05) is 58.3 Å². The number of halogens is 14. The number of rotatable bonds is 9. The van der Waals surface area contributed by atoms with Crippen molar-refractivity contribution in [3.63, 3.8) is 0 Å². The number of oxime groups is 1. The molecule has 0 unspecified atom stereocenters. The van der Waals surface area contributed by atoms with Crippen molar-refractivity contribution in [1.82, 2.24) is 20.3 Å². The van der Waals surface area contributed by atoms with E-state index in [9.17, 15) is 35.9 Å². The van der Waals surface area contributed by atoms with Crippen LogP contribution in [0.5, 0.6) is 0 Å². The fourth-order valence-corrected chi connectivity index (χ4v) is 7.33. The lowest BCUT2D eigenvalue weighted by Gasteiger charge is -2.10. The quantitative estimate of drug-likeness (QED) is 0.0136. The van der Waals surface area contributed by atoms with E-state index < -0.39 is 40.9 Å². The van der Waals surface area contributed by atoms with Crippen LogP contribution in [0.2, 0.25) is 0 Å². The molecule has 3 aromatic carbocycles. The van der Waals surface area contributed by atoms with Gasteiger partial charge in [-0.2, -0.15) is 0 Å². The number of nitrogens with one attached hydrogen (secondary N) is 1. The molecule has 0 bridgehead atoms. The number of hydrogen-bond acceptors (Lipinski definition) is 10. The number of Topliss-reactive ketones (excluding diaryl/α,β-unsaturated/α-hetero) is 1. The number of pyridine rings is 3. The van der Waals surface area contributed by atoms with E-state index in [2.05, 4.69) is 149 Å². The van der Waals surface area contributed by atoms with Crippen molar-refractivity contribution in [3.8, 4) is 0 Å². The molecule has 26 heteroatoms. The van der Waals surface area contributed by atoms with E-state index in [0.717, 1.165) is 49.4 Å². The van der Waals surface area contributed by atoms with E-state index in [-0.39, 0.29) is 81.8 Å². The number of carboxylic acids is 1. The number of nitrogens with two attached hydrogens (primary N) is 1. The molecule has 0 saturated heterocycles. The van der Waals surface area contributed by atoms with Crippen molar-refractivity contribution < 1.29 is 56.2 Å². The molecule has 400 valence electrons. The highest BCUT2D eigenvalue weighted by Crippen LogP contribution is 2.26. The van der Waals surface area contributed by atoms with Crippen LogP contribution in [0.25, 0.3) is 11.8 Å². The number of aliphatic carboxylic acids is 1. The van der Waals surface area contributed by atoms with Crippen molar-refractivity contribution in [2.24, 2.45) is 11.1 Å². The zero-order valence-corrected chi connectivity index (χ0v) is 48.4. The molecule has 0 atom stereocenters. The first-order valence-electron chi connectivity index (χ1n) is 18.4. The standard InChI is InChI=1S/C15H10Br2F2N2O.C13H8Br2F2N2O.C13H7Br2F2NO.C2H4O2.CH3I.3CH4.ClH.H3NO/c1-8(22)20-13(15-12(16)2-3-14(17)21-15)6-9-4-10(18)7-11(19)5-9;14-10-1-2-12(15)18-13(10)11(19-20)5-7-3-8(16)6-9(17)4-7;14-10-1-2-12(15)18-13(10)11(19)5-7-3-8(16)6-9(17)4-7;1-2(3)4;1-2;;;;;1-2/h2-7H,1H3,(H,20,22);1-4,6,20H,5H2;1-4,6H,5H2;1H3,(H,3,4);1H3;3*1H4;1H;2H,1H2/b13-6-;19-11-;;;;;;;;. The van der Waals surface area contributed by atoms with E-state index >= 15 is 0 Å². The van der Waals surface area contributed by atoms with Crippen molar-refractivity contribution in [2.45, 2.75) is 49.0 Å². The number of carboxylic acid groups (broad SMARTS) is 1. The molecule has 6 rings (SSSR count). The maximum absolute atomic E-state index is 13.3. The average Bonchev–Trinajstić information content (AvgIpc) is 3.25. The topological polar surface area (TPSA) is 201 Å². The first-order valence-corrected chi connectivity index (χ1v) is 25.3. The smallest absolute Gasteiger partial charge is 0.300 e. The Bertz CT molecular complexity index is 2730. The predicted octanol–water partition coefficient (Wildman–Crippen LogP) is 15.9. The molecule has 73 heavy (non-hydrogen) atoms. The van der Waals surface area contributed by atoms with E-state index in [4.69, 9.17) is 20.3 Å². The largest absolute Gasteiger partial charge is 0.481 e. The Hall–Kier alpha value is -3.67. The van der Waals surface area contributed by atoms with Crippen LogP contribution < -0.4 is 11.2 Å². The fourth-order valence-electron chi connectivity index (χ4n) is 5.08. The second kappa shape index (κ2) is 39.7. The van der Waals surface area contributed by atoms with Gasteiger partial charge in [0.25, 0.3) is 5.97 Å². The van der Waals surface area contributed by atoms with Gasteiger partial charge in [0.15, 0.2) is 5.78 Å². The Morgan fingerprint density at radius 3 is 1.27 bits per heavy atom. The molecule has 0 aliphatic rings. The monoisotopic (exact) mass is 1540 g/mol. The van der Waals surface area contributed by atoms with Crippen LogP contribution in [-0.2, 0) is 22.4 Å². The van der Waals surface area contributed by atoms with E-state index in [0.29, 0.717) is 49.9 Å². The van der Waals surface area contributed by atoms with Gasteiger partial charge in [-0.1, -0.05) is 50.0 Å². The molecule has 12 nitrogen and oxygen atoms in total. The minimum atomic E-state index is -0.833. The molecule has 1 amide bonds. The minimum Gasteiger partial charge on any atom is -0.481 e. The predicted molar refractivity (Wildman–Crippen MR) is 306 cm³/mol. The number of carbonyl (C=O) groups is 3. The van der Waals surface area contributed by atoms with Gasteiger partial charge in [0.05, 0.1) is 5.70 Å². The molecule has 0 fully saturated rings. The van der Waals surface area contributed by atoms with Crippen molar-refractivity contribution in [1.29, 1.82) is 0 Å². The van der Waals surface area contributed by atoms with Crippen LogP contribution in [0.15, 0.2) is 123 Å². The lowest BCUT2D eigenvalue weighted by molar-refractivity contribution is -0.134. The Balaban J connectivity index is -0.000000445. The molecular formula is C47H48Br6ClF6IN6O6. The van der Waals surface area contributed by atoms with Gasteiger partial charge in [0.2, 0.25) is 5.91 Å². The SMILES string of the molecule is C.C.C.CC(=O)N/C(=C\c1cc(F)cc(F)c1)c1nc(Br)ccc1Br.CC(=O)O.CI.Cl.NO.O/N=C(/Cc1cc(F)cc(F)c1)c1nc(Br)ccc1Br.O=C(Cc1cc(F)cc(F)c1)c1nc(Br)ccc1Br. The Morgan fingerprint density at radius 2 is 0.904 bits per heavy atom. The maximum atomic E-state index is 13.3. The van der Waals surface area contributed by atoms with E-state index in [1.165, 1.54) is 25.1 Å². The third-order valence-corrected chi connectivity index (χ3v) is 10.7. The summed E-state index contributed by atoms with van der Waals surface area (Å²) < 4.78 is 82.4. The zero-order valence-electron chi connectivity index (χ0n) is 35.9. The Morgan fingerprint density at radius 1 is 0.589 bits per heavy atom. The van der Waals surface area contributed by atoms with Crippen LogP contribution in [0.3, 0.4) is 0 Å². The molecule has 0 spiro atoms. The third kappa shape index (κ3) is 29.3. The molecule has 0 aliphatic heterocycles. The van der Waals surface area contributed by atoms with Gasteiger partial charge < -0.3 is 20.8 Å². The molecule has 0 saturated carbocycles. The summed E-state index contributed by atoms with van der Waals surface area (Å²) in [6.07, 6.45) is 1.39. The second-order valence-corrected chi connectivity index (χ2v) is 17.7.